The smallest absolute Gasteiger partial charge is 0.167 e. The molecule has 1 aliphatic carbocycles. The van der Waals surface area contributed by atoms with Crippen molar-refractivity contribution in [2.24, 2.45) is 5.73 Å². The van der Waals surface area contributed by atoms with Crippen molar-refractivity contribution < 1.29 is 0 Å². The Hall–Kier alpha value is -2.36. The standard InChI is InChI=1S/C45H48I2N2P2/c1-3-19-44-35(4-2)31-39(34-51(47,42-26-13-7-14-27-42)43-28-15-8-16-29-43)49-45(44)32-37-21-18-17-20-36(37)30-38(48)33-50(46,40-22-9-5-10-23-40)41-24-11-6-12-25-41/h1,4-11,13-24,26-29,38-39,45,49H,12,25,30-34,48H2,2H3/q+2/b35-4-,44-19?/t38-,39-,45+,50?/m0/s1. The summed E-state index contributed by atoms with van der Waals surface area (Å²) >= 11 is 5.61. The molecule has 4 aromatic rings. The fraction of sp³-hybridized carbons (Fsp3) is 0.244. The molecule has 0 spiro atoms. The van der Waals surface area contributed by atoms with Gasteiger partial charge in [0, 0.05) is 24.5 Å². The number of benzene rings is 4. The van der Waals surface area contributed by atoms with Crippen LogP contribution >= 0.6 is 53.9 Å². The highest BCUT2D eigenvalue weighted by Crippen LogP contribution is 2.73. The number of nitrogens with one attached hydrogen (secondary N) is 1. The zero-order valence-electron chi connectivity index (χ0n) is 29.3. The average Bonchev–Trinajstić information content (AvgIpc) is 3.17. The van der Waals surface area contributed by atoms with Gasteiger partial charge in [-0.1, -0.05) is 103 Å². The lowest BCUT2D eigenvalue weighted by Gasteiger charge is -2.37. The van der Waals surface area contributed by atoms with E-state index >= 15 is 0 Å². The fourth-order valence-corrected chi connectivity index (χ4v) is 20.6. The molecule has 3 N–H and O–H groups in total. The summed E-state index contributed by atoms with van der Waals surface area (Å²) in [6, 6.07) is 42.8. The first-order valence-corrected chi connectivity index (χ1v) is 27.4. The minimum atomic E-state index is -1.71. The maximum absolute atomic E-state index is 7.18. The minimum Gasteiger partial charge on any atom is -0.324 e. The second-order valence-electron chi connectivity index (χ2n) is 13.6. The minimum absolute atomic E-state index is 0.0449. The molecule has 0 amide bonds. The number of allylic oxidation sites excluding steroid dienone is 6. The van der Waals surface area contributed by atoms with Crippen molar-refractivity contribution in [1.29, 1.82) is 0 Å². The van der Waals surface area contributed by atoms with Crippen molar-refractivity contribution in [3.8, 4) is 12.3 Å². The van der Waals surface area contributed by atoms with E-state index in [1.165, 1.54) is 38.2 Å². The Morgan fingerprint density at radius 3 is 1.96 bits per heavy atom. The number of rotatable bonds is 12. The van der Waals surface area contributed by atoms with E-state index in [0.29, 0.717) is 6.04 Å². The largest absolute Gasteiger partial charge is 0.324 e. The first-order chi connectivity index (χ1) is 24.8. The monoisotopic (exact) mass is 932 g/mol. The van der Waals surface area contributed by atoms with Gasteiger partial charge in [-0.15, -0.1) is 6.42 Å². The first-order valence-electron chi connectivity index (χ1n) is 17.9. The molecule has 2 nitrogen and oxygen atoms in total. The van der Waals surface area contributed by atoms with Crippen LogP contribution in [0.4, 0.5) is 0 Å². The van der Waals surface area contributed by atoms with Gasteiger partial charge in [0.05, 0.1) is 17.6 Å². The van der Waals surface area contributed by atoms with E-state index in [4.69, 9.17) is 12.2 Å². The second kappa shape index (κ2) is 18.1. The Morgan fingerprint density at radius 1 is 0.843 bits per heavy atom. The second-order valence-corrected chi connectivity index (χ2v) is 29.2. The van der Waals surface area contributed by atoms with Gasteiger partial charge >= 0.3 is 0 Å². The Balaban J connectivity index is 1.27. The normalized spacial score (nSPS) is 21.1. The molecule has 0 radical (unpaired) electrons. The number of hydrogen-bond donors (Lipinski definition) is 2. The van der Waals surface area contributed by atoms with E-state index in [1.54, 1.807) is 5.31 Å². The van der Waals surface area contributed by atoms with Crippen LogP contribution in [0.1, 0.15) is 37.3 Å². The van der Waals surface area contributed by atoms with Crippen molar-refractivity contribution in [3.05, 3.63) is 173 Å². The molecule has 4 aromatic carbocycles. The molecule has 1 saturated heterocycles. The number of terminal acetylenes is 1. The lowest BCUT2D eigenvalue weighted by molar-refractivity contribution is 0.448. The summed E-state index contributed by atoms with van der Waals surface area (Å²) in [6.45, 7) is 2.16. The predicted octanol–water partition coefficient (Wildman–Crippen LogP) is 10.3. The maximum atomic E-state index is 7.18. The van der Waals surface area contributed by atoms with Crippen LogP contribution in [0.5, 0.6) is 0 Å². The van der Waals surface area contributed by atoms with Crippen LogP contribution in [0.2, 0.25) is 0 Å². The molecular formula is C45H48I2N2P2+2. The van der Waals surface area contributed by atoms with Crippen LogP contribution in [0, 0.1) is 12.3 Å². The molecule has 2 aliphatic rings. The number of halogens is 2. The molecular weight excluding hydrogens is 884 g/mol. The van der Waals surface area contributed by atoms with Crippen LogP contribution in [-0.2, 0) is 12.8 Å². The van der Waals surface area contributed by atoms with Crippen LogP contribution in [0.25, 0.3) is 0 Å². The number of hydrogen-bond acceptors (Lipinski definition) is 2. The van der Waals surface area contributed by atoms with Gasteiger partial charge in [0.25, 0.3) is 0 Å². The predicted molar refractivity (Wildman–Crippen MR) is 244 cm³/mol. The molecule has 1 unspecified atom stereocenters. The summed E-state index contributed by atoms with van der Waals surface area (Å²) in [5.74, 6) is 2.89. The lowest BCUT2D eigenvalue weighted by atomic mass is 9.84. The third kappa shape index (κ3) is 9.24. The SMILES string of the molecule is C#CC=C1/C(=C\C)C[C@@H](C[P+](I)(c2ccccc2)c2ccccc2)N[C@@H]1Cc1ccccc1C[C@H](N)C[P+](I)(C1=CC=CCC1)c1ccccc1. The van der Waals surface area contributed by atoms with Crippen molar-refractivity contribution in [3.63, 3.8) is 0 Å². The van der Waals surface area contributed by atoms with Crippen LogP contribution in [-0.4, -0.2) is 30.4 Å². The molecule has 4 atom stereocenters. The van der Waals surface area contributed by atoms with E-state index in [1.807, 2.05) is 6.08 Å². The van der Waals surface area contributed by atoms with Crippen molar-refractivity contribution in [1.82, 2.24) is 5.32 Å². The highest BCUT2D eigenvalue weighted by Gasteiger charge is 2.46. The van der Waals surface area contributed by atoms with Gasteiger partial charge in [-0.25, -0.2) is 0 Å². The molecule has 1 heterocycles. The maximum Gasteiger partial charge on any atom is 0.167 e. The summed E-state index contributed by atoms with van der Waals surface area (Å²) in [5.41, 5.74) is 12.5. The summed E-state index contributed by atoms with van der Waals surface area (Å²) in [7, 11) is 0. The third-order valence-electron chi connectivity index (χ3n) is 10.2. The van der Waals surface area contributed by atoms with Crippen LogP contribution in [0.3, 0.4) is 0 Å². The van der Waals surface area contributed by atoms with Crippen molar-refractivity contribution in [2.75, 3.05) is 12.3 Å². The topological polar surface area (TPSA) is 38.0 Å². The zero-order chi connectivity index (χ0) is 35.7. The molecule has 0 aromatic heterocycles. The van der Waals surface area contributed by atoms with Gasteiger partial charge < -0.3 is 11.1 Å². The summed E-state index contributed by atoms with van der Waals surface area (Å²) in [4.78, 5) is -3.36. The van der Waals surface area contributed by atoms with E-state index < -0.39 is 9.81 Å². The Morgan fingerprint density at radius 2 is 1.41 bits per heavy atom. The Bertz CT molecular complexity index is 1890. The van der Waals surface area contributed by atoms with Crippen LogP contribution < -0.4 is 27.0 Å². The number of nitrogens with two attached hydrogens (primary N) is 1. The zero-order valence-corrected chi connectivity index (χ0v) is 35.4. The van der Waals surface area contributed by atoms with Gasteiger partial charge in [-0.3, -0.25) is 0 Å². The molecule has 6 rings (SSSR count). The van der Waals surface area contributed by atoms with Crippen molar-refractivity contribution in [2.45, 2.75) is 57.2 Å². The average molecular weight is 933 g/mol. The Kier molecular flexibility index (Phi) is 13.6. The fourth-order valence-electron chi connectivity index (χ4n) is 7.67. The van der Waals surface area contributed by atoms with E-state index in [0.717, 1.165) is 44.4 Å². The summed E-state index contributed by atoms with van der Waals surface area (Å²) in [6.07, 6.45) is 24.1. The van der Waals surface area contributed by atoms with E-state index in [9.17, 15) is 0 Å². The highest BCUT2D eigenvalue weighted by atomic mass is 127. The molecule has 51 heavy (non-hydrogen) atoms. The molecule has 1 fully saturated rings. The van der Waals surface area contributed by atoms with Gasteiger partial charge in [-0.2, -0.15) is 0 Å². The van der Waals surface area contributed by atoms with E-state index in [-0.39, 0.29) is 12.1 Å². The molecule has 0 bridgehead atoms. The Labute approximate surface area is 333 Å². The summed E-state index contributed by atoms with van der Waals surface area (Å²) in [5, 5.41) is 10.0. The molecule has 6 heteroatoms. The lowest BCUT2D eigenvalue weighted by Crippen LogP contribution is -2.48. The molecule has 0 saturated carbocycles. The third-order valence-corrected chi connectivity index (χ3v) is 25.9. The molecule has 1 aliphatic heterocycles. The first kappa shape index (κ1) is 38.4. The molecule has 260 valence electrons. The van der Waals surface area contributed by atoms with Gasteiger partial charge in [0.15, 0.2) is 44.1 Å². The highest BCUT2D eigenvalue weighted by molar-refractivity contribution is 14.2. The van der Waals surface area contributed by atoms with Crippen molar-refractivity contribution >= 4 is 69.8 Å². The number of piperidine rings is 1. The van der Waals surface area contributed by atoms with E-state index in [2.05, 4.69) is 202 Å². The summed E-state index contributed by atoms with van der Waals surface area (Å²) < 4.78 is 0. The quantitative estimate of drug-likeness (QED) is 0.0844. The van der Waals surface area contributed by atoms with Gasteiger partial charge in [0.2, 0.25) is 0 Å². The van der Waals surface area contributed by atoms with Gasteiger partial charge in [-0.05, 0) is 103 Å². The van der Waals surface area contributed by atoms with Gasteiger partial charge in [0.1, 0.15) is 25.7 Å². The van der Waals surface area contributed by atoms with Crippen LogP contribution in [0.15, 0.2) is 162 Å².